The van der Waals surface area contributed by atoms with E-state index in [0.717, 1.165) is 30.2 Å². The molecule has 0 aromatic heterocycles. The number of hydrogen-bond acceptors (Lipinski definition) is 4. The summed E-state index contributed by atoms with van der Waals surface area (Å²) in [4.78, 5) is 25.8. The molecule has 1 atom stereocenters. The molecular weight excluding hydrogens is 288 g/mol. The Bertz CT molecular complexity index is 475. The van der Waals surface area contributed by atoms with Gasteiger partial charge in [0.2, 0.25) is 0 Å². The number of methoxy groups -OCH3 is 1. The number of thioether (sulfide) groups is 1. The molecule has 1 aromatic rings. The molecule has 5 nitrogen and oxygen atoms in total. The molecule has 1 saturated heterocycles. The lowest BCUT2D eigenvalue weighted by Crippen LogP contribution is -2.51. The normalized spacial score (nSPS) is 16.1. The highest BCUT2D eigenvalue weighted by molar-refractivity contribution is 7.99. The molecule has 0 aliphatic carbocycles. The molecule has 2 rings (SSSR count). The monoisotopic (exact) mass is 308 g/mol. The summed E-state index contributed by atoms with van der Waals surface area (Å²) in [6, 6.07) is 8.75. The van der Waals surface area contributed by atoms with Crippen molar-refractivity contribution in [3.05, 3.63) is 35.9 Å². The number of rotatable bonds is 4. The van der Waals surface area contributed by atoms with E-state index in [4.69, 9.17) is 4.74 Å². The Hall–Kier alpha value is -1.69. The predicted molar refractivity (Wildman–Crippen MR) is 83.4 cm³/mol. The summed E-state index contributed by atoms with van der Waals surface area (Å²) in [6.07, 6.45) is 0.432. The minimum absolute atomic E-state index is 0.193. The minimum Gasteiger partial charge on any atom is -0.467 e. The van der Waals surface area contributed by atoms with Crippen molar-refractivity contribution in [2.45, 2.75) is 12.5 Å². The van der Waals surface area contributed by atoms with E-state index in [1.54, 1.807) is 4.90 Å². The molecule has 114 valence electrons. The molecule has 1 N–H and O–H groups in total. The summed E-state index contributed by atoms with van der Waals surface area (Å²) in [7, 11) is 1.34. The summed E-state index contributed by atoms with van der Waals surface area (Å²) in [5.74, 6) is 1.46. The van der Waals surface area contributed by atoms with Crippen molar-refractivity contribution in [2.24, 2.45) is 0 Å². The Kier molecular flexibility index (Phi) is 5.92. The predicted octanol–water partition coefficient (Wildman–Crippen LogP) is 1.53. The van der Waals surface area contributed by atoms with Crippen molar-refractivity contribution in [3.8, 4) is 0 Å². The van der Waals surface area contributed by atoms with Gasteiger partial charge in [-0.25, -0.2) is 9.59 Å². The molecule has 1 aliphatic heterocycles. The third kappa shape index (κ3) is 4.67. The zero-order chi connectivity index (χ0) is 15.1. The average molecular weight is 308 g/mol. The minimum atomic E-state index is -0.653. The van der Waals surface area contributed by atoms with E-state index >= 15 is 0 Å². The van der Waals surface area contributed by atoms with Crippen LogP contribution in [0.15, 0.2) is 30.3 Å². The van der Waals surface area contributed by atoms with Crippen LogP contribution < -0.4 is 5.32 Å². The largest absolute Gasteiger partial charge is 0.467 e. The maximum absolute atomic E-state index is 12.2. The van der Waals surface area contributed by atoms with Gasteiger partial charge in [0.25, 0.3) is 0 Å². The standard InChI is InChI=1S/C15H20N2O3S/c1-20-14(18)13(11-12-5-3-2-4-6-12)16-15(19)17-7-9-21-10-8-17/h2-6,13H,7-11H2,1H3,(H,16,19)/t13-/m0/s1. The van der Waals surface area contributed by atoms with Crippen molar-refractivity contribution in [1.29, 1.82) is 0 Å². The van der Waals surface area contributed by atoms with Crippen LogP contribution in [-0.4, -0.2) is 54.6 Å². The fourth-order valence-electron chi connectivity index (χ4n) is 2.19. The third-order valence-electron chi connectivity index (χ3n) is 3.36. The number of hydrogen-bond donors (Lipinski definition) is 1. The van der Waals surface area contributed by atoms with Crippen LogP contribution in [0, 0.1) is 0 Å². The zero-order valence-corrected chi connectivity index (χ0v) is 12.9. The molecule has 0 unspecified atom stereocenters. The smallest absolute Gasteiger partial charge is 0.328 e. The van der Waals surface area contributed by atoms with Crippen molar-refractivity contribution >= 4 is 23.8 Å². The maximum Gasteiger partial charge on any atom is 0.328 e. The Balaban J connectivity index is 1.99. The van der Waals surface area contributed by atoms with Gasteiger partial charge in [0.05, 0.1) is 7.11 Å². The van der Waals surface area contributed by atoms with Crippen LogP contribution >= 0.6 is 11.8 Å². The van der Waals surface area contributed by atoms with E-state index < -0.39 is 12.0 Å². The van der Waals surface area contributed by atoms with Gasteiger partial charge in [0.1, 0.15) is 6.04 Å². The van der Waals surface area contributed by atoms with E-state index in [-0.39, 0.29) is 6.03 Å². The molecule has 1 heterocycles. The number of esters is 1. The molecule has 0 bridgehead atoms. The summed E-state index contributed by atoms with van der Waals surface area (Å²) in [5.41, 5.74) is 0.988. The fourth-order valence-corrected chi connectivity index (χ4v) is 3.10. The van der Waals surface area contributed by atoms with Gasteiger partial charge in [-0.1, -0.05) is 30.3 Å². The van der Waals surface area contributed by atoms with Crippen LogP contribution in [0.5, 0.6) is 0 Å². The van der Waals surface area contributed by atoms with Crippen LogP contribution in [0.2, 0.25) is 0 Å². The van der Waals surface area contributed by atoms with Gasteiger partial charge >= 0.3 is 12.0 Å². The first kappa shape index (κ1) is 15.7. The average Bonchev–Trinajstić information content (AvgIpc) is 2.55. The first-order chi connectivity index (χ1) is 10.2. The van der Waals surface area contributed by atoms with Gasteiger partial charge < -0.3 is 15.0 Å². The molecular formula is C15H20N2O3S. The SMILES string of the molecule is COC(=O)[C@H](Cc1ccccc1)NC(=O)N1CCSCC1. The van der Waals surface area contributed by atoms with Gasteiger partial charge in [0, 0.05) is 31.0 Å². The molecule has 1 aliphatic rings. The topological polar surface area (TPSA) is 58.6 Å². The van der Waals surface area contributed by atoms with Crippen molar-refractivity contribution in [3.63, 3.8) is 0 Å². The Morgan fingerprint density at radius 3 is 2.57 bits per heavy atom. The molecule has 1 aromatic carbocycles. The number of benzene rings is 1. The molecule has 1 fully saturated rings. The maximum atomic E-state index is 12.2. The highest BCUT2D eigenvalue weighted by Gasteiger charge is 2.25. The van der Waals surface area contributed by atoms with Crippen molar-refractivity contribution < 1.29 is 14.3 Å². The highest BCUT2D eigenvalue weighted by Crippen LogP contribution is 2.10. The Morgan fingerprint density at radius 1 is 1.29 bits per heavy atom. The van der Waals surface area contributed by atoms with E-state index in [2.05, 4.69) is 5.32 Å². The molecule has 21 heavy (non-hydrogen) atoms. The molecule has 0 saturated carbocycles. The zero-order valence-electron chi connectivity index (χ0n) is 12.1. The number of carbonyl (C=O) groups is 2. The number of amides is 2. The van der Waals surface area contributed by atoms with Crippen LogP contribution in [0.25, 0.3) is 0 Å². The molecule has 0 spiro atoms. The summed E-state index contributed by atoms with van der Waals surface area (Å²) in [5, 5.41) is 2.79. The first-order valence-corrected chi connectivity index (χ1v) is 8.11. The second kappa shape index (κ2) is 7.93. The van der Waals surface area contributed by atoms with Gasteiger partial charge in [-0.15, -0.1) is 0 Å². The third-order valence-corrected chi connectivity index (χ3v) is 4.31. The Morgan fingerprint density at radius 2 is 1.95 bits per heavy atom. The van der Waals surface area contributed by atoms with E-state index in [1.165, 1.54) is 7.11 Å². The van der Waals surface area contributed by atoms with Crippen LogP contribution in [0.1, 0.15) is 5.56 Å². The van der Waals surface area contributed by atoms with Crippen LogP contribution in [0.3, 0.4) is 0 Å². The van der Waals surface area contributed by atoms with Gasteiger partial charge in [-0.3, -0.25) is 0 Å². The fraction of sp³-hybridized carbons (Fsp3) is 0.467. The lowest BCUT2D eigenvalue weighted by molar-refractivity contribution is -0.142. The molecule has 6 heteroatoms. The van der Waals surface area contributed by atoms with Crippen LogP contribution in [-0.2, 0) is 16.0 Å². The summed E-state index contributed by atoms with van der Waals surface area (Å²) < 4.78 is 4.80. The summed E-state index contributed by atoms with van der Waals surface area (Å²) >= 11 is 1.84. The van der Waals surface area contributed by atoms with Crippen LogP contribution in [0.4, 0.5) is 4.79 Å². The van der Waals surface area contributed by atoms with Gasteiger partial charge in [-0.2, -0.15) is 11.8 Å². The second-order valence-electron chi connectivity index (χ2n) is 4.81. The Labute approximate surface area is 129 Å². The van der Waals surface area contributed by atoms with Gasteiger partial charge in [0.15, 0.2) is 0 Å². The number of urea groups is 1. The lowest BCUT2D eigenvalue weighted by atomic mass is 10.1. The molecule has 2 amide bonds. The van der Waals surface area contributed by atoms with Crippen molar-refractivity contribution in [1.82, 2.24) is 10.2 Å². The summed E-state index contributed by atoms with van der Waals surface area (Å²) in [6.45, 7) is 1.44. The van der Waals surface area contributed by atoms with E-state index in [0.29, 0.717) is 6.42 Å². The van der Waals surface area contributed by atoms with Gasteiger partial charge in [-0.05, 0) is 5.56 Å². The number of ether oxygens (including phenoxy) is 1. The van der Waals surface area contributed by atoms with Crippen molar-refractivity contribution in [2.75, 3.05) is 31.7 Å². The quantitative estimate of drug-likeness (QED) is 0.857. The second-order valence-corrected chi connectivity index (χ2v) is 6.04. The highest BCUT2D eigenvalue weighted by atomic mass is 32.2. The number of nitrogens with zero attached hydrogens (tertiary/aromatic N) is 1. The first-order valence-electron chi connectivity index (χ1n) is 6.95. The van der Waals surface area contributed by atoms with E-state index in [9.17, 15) is 9.59 Å². The lowest BCUT2D eigenvalue weighted by Gasteiger charge is -2.28. The van der Waals surface area contributed by atoms with E-state index in [1.807, 2.05) is 42.1 Å². The molecule has 0 radical (unpaired) electrons. The number of nitrogens with one attached hydrogen (secondary N) is 1. The number of carbonyl (C=O) groups excluding carboxylic acids is 2.